The zero-order valence-corrected chi connectivity index (χ0v) is 7.99. The van der Waals surface area contributed by atoms with Gasteiger partial charge in [-0.3, -0.25) is 4.79 Å². The van der Waals surface area contributed by atoms with E-state index >= 15 is 0 Å². The van der Waals surface area contributed by atoms with Crippen LogP contribution in [0.4, 0.5) is 0 Å². The minimum Gasteiger partial charge on any atom is -0.496 e. The topological polar surface area (TPSA) is 52.3 Å². The molecule has 0 bridgehead atoms. The lowest BCUT2D eigenvalue weighted by Crippen LogP contribution is -2.19. The predicted octanol–water partition coefficient (Wildman–Crippen LogP) is 1.02. The van der Waals surface area contributed by atoms with Crippen molar-refractivity contribution in [2.24, 2.45) is 5.73 Å². The maximum atomic E-state index is 11.1. The second-order valence-electron chi connectivity index (χ2n) is 3.35. The molecule has 2 N–H and O–H groups in total. The van der Waals surface area contributed by atoms with Gasteiger partial charge in [0.25, 0.3) is 0 Å². The molecule has 1 atom stereocenters. The fourth-order valence-corrected chi connectivity index (χ4v) is 1.92. The summed E-state index contributed by atoms with van der Waals surface area (Å²) in [6, 6.07) is 5.71. The van der Waals surface area contributed by atoms with Gasteiger partial charge in [-0.1, -0.05) is 12.1 Å². The van der Waals surface area contributed by atoms with Crippen LogP contribution in [-0.2, 0) is 11.2 Å². The van der Waals surface area contributed by atoms with Crippen molar-refractivity contribution in [2.45, 2.75) is 12.3 Å². The van der Waals surface area contributed by atoms with Gasteiger partial charge in [0.15, 0.2) is 0 Å². The number of carbonyl (C=O) groups excluding carboxylic acids is 1. The van der Waals surface area contributed by atoms with Crippen molar-refractivity contribution in [3.8, 4) is 5.75 Å². The van der Waals surface area contributed by atoms with Gasteiger partial charge in [0, 0.05) is 0 Å². The molecule has 73 valence electrons. The molecule has 2 rings (SSSR count). The Kier molecular flexibility index (Phi) is 2.15. The Morgan fingerprint density at radius 1 is 1.57 bits per heavy atom. The number of nitrogens with two attached hydrogens (primary N) is 1. The number of rotatable bonds is 2. The second-order valence-corrected chi connectivity index (χ2v) is 3.35. The molecule has 0 aromatic heterocycles. The van der Waals surface area contributed by atoms with Crippen LogP contribution in [0.25, 0.3) is 0 Å². The van der Waals surface area contributed by atoms with Crippen molar-refractivity contribution in [2.75, 3.05) is 7.11 Å². The van der Waals surface area contributed by atoms with E-state index in [-0.39, 0.29) is 11.8 Å². The highest BCUT2D eigenvalue weighted by atomic mass is 16.5. The van der Waals surface area contributed by atoms with E-state index in [1.165, 1.54) is 0 Å². The van der Waals surface area contributed by atoms with Gasteiger partial charge in [0.05, 0.1) is 13.0 Å². The van der Waals surface area contributed by atoms with Gasteiger partial charge in [0.1, 0.15) is 5.75 Å². The van der Waals surface area contributed by atoms with Crippen LogP contribution in [-0.4, -0.2) is 13.0 Å². The van der Waals surface area contributed by atoms with Crippen LogP contribution >= 0.6 is 0 Å². The second kappa shape index (κ2) is 3.33. The summed E-state index contributed by atoms with van der Waals surface area (Å²) < 4.78 is 5.21. The van der Waals surface area contributed by atoms with E-state index in [2.05, 4.69) is 0 Å². The molecule has 0 saturated heterocycles. The van der Waals surface area contributed by atoms with Crippen LogP contribution in [0.3, 0.4) is 0 Å². The lowest BCUT2D eigenvalue weighted by molar-refractivity contribution is -0.118. The summed E-state index contributed by atoms with van der Waals surface area (Å²) in [5.41, 5.74) is 7.36. The van der Waals surface area contributed by atoms with Crippen molar-refractivity contribution in [1.82, 2.24) is 0 Å². The van der Waals surface area contributed by atoms with Gasteiger partial charge in [-0.05, 0) is 30.0 Å². The molecule has 1 aliphatic rings. The molecule has 0 aliphatic heterocycles. The first kappa shape index (κ1) is 9.06. The Morgan fingerprint density at radius 3 is 3.00 bits per heavy atom. The van der Waals surface area contributed by atoms with Crippen LogP contribution in [0.5, 0.6) is 5.75 Å². The van der Waals surface area contributed by atoms with Crippen LogP contribution in [0.2, 0.25) is 0 Å². The normalized spacial score (nSPS) is 19.1. The first-order chi connectivity index (χ1) is 6.74. The molecule has 1 amide bonds. The molecule has 1 aliphatic carbocycles. The smallest absolute Gasteiger partial charge is 0.225 e. The predicted molar refractivity (Wildman–Crippen MR) is 52.9 cm³/mol. The number of carbonyl (C=O) groups is 1. The molecule has 1 radical (unpaired) electrons. The van der Waals surface area contributed by atoms with Crippen molar-refractivity contribution in [1.29, 1.82) is 0 Å². The van der Waals surface area contributed by atoms with Crippen molar-refractivity contribution in [3.63, 3.8) is 0 Å². The summed E-state index contributed by atoms with van der Waals surface area (Å²) in [5.74, 6) is 0.291. The Balaban J connectivity index is 2.46. The van der Waals surface area contributed by atoms with E-state index in [0.29, 0.717) is 0 Å². The molecule has 1 aromatic rings. The third-order valence-corrected chi connectivity index (χ3v) is 2.59. The standard InChI is InChI=1S/C11H12NO2/c1-14-10-4-2-3-7-8(10)5-6-9(7)11(12)13/h2-4,6,9H,5H2,1H3,(H2,12,13). The largest absolute Gasteiger partial charge is 0.496 e. The van der Waals surface area contributed by atoms with Crippen molar-refractivity contribution < 1.29 is 9.53 Å². The molecule has 3 nitrogen and oxygen atoms in total. The Hall–Kier alpha value is -1.51. The molecule has 0 heterocycles. The number of fused-ring (bicyclic) bond motifs is 1. The van der Waals surface area contributed by atoms with E-state index in [1.54, 1.807) is 7.11 Å². The van der Waals surface area contributed by atoms with Crippen molar-refractivity contribution in [3.05, 3.63) is 35.7 Å². The summed E-state index contributed by atoms with van der Waals surface area (Å²) >= 11 is 0. The molecule has 0 spiro atoms. The lowest BCUT2D eigenvalue weighted by Gasteiger charge is -2.08. The summed E-state index contributed by atoms with van der Waals surface area (Å²) in [5, 5.41) is 0. The van der Waals surface area contributed by atoms with Crippen LogP contribution in [0.1, 0.15) is 17.0 Å². The molecule has 1 aromatic carbocycles. The molecule has 3 heteroatoms. The highest BCUT2D eigenvalue weighted by Crippen LogP contribution is 2.37. The van der Waals surface area contributed by atoms with Gasteiger partial charge in [0.2, 0.25) is 5.91 Å². The van der Waals surface area contributed by atoms with Gasteiger partial charge in [-0.2, -0.15) is 0 Å². The zero-order valence-electron chi connectivity index (χ0n) is 7.99. The molecule has 0 fully saturated rings. The number of methoxy groups -OCH3 is 1. The third kappa shape index (κ3) is 1.25. The number of benzene rings is 1. The van der Waals surface area contributed by atoms with E-state index < -0.39 is 0 Å². The fourth-order valence-electron chi connectivity index (χ4n) is 1.92. The molecule has 0 saturated carbocycles. The zero-order chi connectivity index (χ0) is 10.1. The van der Waals surface area contributed by atoms with Gasteiger partial charge >= 0.3 is 0 Å². The summed E-state index contributed by atoms with van der Waals surface area (Å²) in [6.07, 6.45) is 2.68. The fraction of sp³-hybridized carbons (Fsp3) is 0.273. The summed E-state index contributed by atoms with van der Waals surface area (Å²) in [4.78, 5) is 11.1. The van der Waals surface area contributed by atoms with E-state index in [0.717, 1.165) is 23.3 Å². The quantitative estimate of drug-likeness (QED) is 0.757. The number of hydrogen-bond acceptors (Lipinski definition) is 2. The average Bonchev–Trinajstić information content (AvgIpc) is 2.60. The maximum absolute atomic E-state index is 11.1. The Labute approximate surface area is 82.9 Å². The Morgan fingerprint density at radius 2 is 2.36 bits per heavy atom. The SMILES string of the molecule is COc1cccc2c1C[CH]C2C(N)=O. The van der Waals surface area contributed by atoms with E-state index in [1.807, 2.05) is 24.6 Å². The van der Waals surface area contributed by atoms with Crippen molar-refractivity contribution >= 4 is 5.91 Å². The monoisotopic (exact) mass is 190 g/mol. The highest BCUT2D eigenvalue weighted by molar-refractivity contribution is 5.85. The minimum atomic E-state index is -0.294. The van der Waals surface area contributed by atoms with Crippen LogP contribution < -0.4 is 10.5 Å². The third-order valence-electron chi connectivity index (χ3n) is 2.59. The highest BCUT2D eigenvalue weighted by Gasteiger charge is 2.28. The summed E-state index contributed by atoms with van der Waals surface area (Å²) in [6.45, 7) is 0. The Bertz CT molecular complexity index is 374. The maximum Gasteiger partial charge on any atom is 0.225 e. The number of ether oxygens (including phenoxy) is 1. The molecular weight excluding hydrogens is 178 g/mol. The van der Waals surface area contributed by atoms with E-state index in [4.69, 9.17) is 10.5 Å². The minimum absolute atomic E-state index is 0.250. The number of amides is 1. The molecule has 14 heavy (non-hydrogen) atoms. The van der Waals surface area contributed by atoms with Gasteiger partial charge in [-0.15, -0.1) is 0 Å². The van der Waals surface area contributed by atoms with Gasteiger partial charge < -0.3 is 10.5 Å². The first-order valence-corrected chi connectivity index (χ1v) is 4.52. The lowest BCUT2D eigenvalue weighted by atomic mass is 10.0. The van der Waals surface area contributed by atoms with Gasteiger partial charge in [-0.25, -0.2) is 0 Å². The number of primary amides is 1. The van der Waals surface area contributed by atoms with Crippen LogP contribution in [0.15, 0.2) is 18.2 Å². The van der Waals surface area contributed by atoms with Crippen LogP contribution in [0, 0.1) is 6.42 Å². The summed E-state index contributed by atoms with van der Waals surface area (Å²) in [7, 11) is 1.63. The van der Waals surface area contributed by atoms with E-state index in [9.17, 15) is 4.79 Å². The molecular formula is C11H12NO2. The molecule has 1 unspecified atom stereocenters. The number of hydrogen-bond donors (Lipinski definition) is 1. The average molecular weight is 190 g/mol. The first-order valence-electron chi connectivity index (χ1n) is 4.52.